The van der Waals surface area contributed by atoms with Crippen LogP contribution in [-0.4, -0.2) is 31.2 Å². The molecule has 0 saturated carbocycles. The first-order valence-electron chi connectivity index (χ1n) is 4.96. The Labute approximate surface area is 98.6 Å². The fourth-order valence-electron chi connectivity index (χ4n) is 1.70. The highest BCUT2D eigenvalue weighted by molar-refractivity contribution is 5.85. The molecule has 96 valence electrons. The van der Waals surface area contributed by atoms with E-state index in [1.807, 2.05) is 12.2 Å². The molecular formula is C9H16ClF3N2O. The van der Waals surface area contributed by atoms with E-state index in [0.29, 0.717) is 19.4 Å². The van der Waals surface area contributed by atoms with Crippen molar-refractivity contribution in [3.63, 3.8) is 0 Å². The number of amides is 1. The SMILES string of the molecule is C[C@H]1C[C@@H](C(=O)NCC(F)(F)F)CCN1.Cl. The molecule has 16 heavy (non-hydrogen) atoms. The van der Waals surface area contributed by atoms with Crippen LogP contribution in [0.4, 0.5) is 13.2 Å². The molecular weight excluding hydrogens is 245 g/mol. The molecule has 0 aromatic heterocycles. The van der Waals surface area contributed by atoms with Gasteiger partial charge in [0, 0.05) is 12.0 Å². The minimum absolute atomic E-state index is 0. The molecule has 1 fully saturated rings. The van der Waals surface area contributed by atoms with Gasteiger partial charge in [-0.2, -0.15) is 13.2 Å². The van der Waals surface area contributed by atoms with Crippen LogP contribution in [0.5, 0.6) is 0 Å². The van der Waals surface area contributed by atoms with Crippen molar-refractivity contribution in [1.29, 1.82) is 0 Å². The predicted octanol–water partition coefficient (Wildman–Crippen LogP) is 1.47. The summed E-state index contributed by atoms with van der Waals surface area (Å²) in [6.45, 7) is 1.37. The van der Waals surface area contributed by atoms with Gasteiger partial charge >= 0.3 is 6.18 Å². The molecule has 0 spiro atoms. The number of hydrogen-bond donors (Lipinski definition) is 2. The summed E-state index contributed by atoms with van der Waals surface area (Å²) in [5, 5.41) is 5.06. The first kappa shape index (κ1) is 15.5. The Kier molecular flexibility index (Phi) is 6.10. The van der Waals surface area contributed by atoms with E-state index in [1.165, 1.54) is 0 Å². The van der Waals surface area contributed by atoms with Crippen molar-refractivity contribution in [2.75, 3.05) is 13.1 Å². The number of hydrogen-bond acceptors (Lipinski definition) is 2. The molecule has 0 aromatic carbocycles. The summed E-state index contributed by atoms with van der Waals surface area (Å²) < 4.78 is 35.5. The van der Waals surface area contributed by atoms with Crippen LogP contribution in [0.3, 0.4) is 0 Å². The summed E-state index contributed by atoms with van der Waals surface area (Å²) in [5.74, 6) is -0.774. The van der Waals surface area contributed by atoms with E-state index >= 15 is 0 Å². The highest BCUT2D eigenvalue weighted by Gasteiger charge is 2.30. The maximum Gasteiger partial charge on any atom is 0.405 e. The first-order chi connectivity index (χ1) is 6.88. The van der Waals surface area contributed by atoms with E-state index in [9.17, 15) is 18.0 Å². The zero-order valence-electron chi connectivity index (χ0n) is 8.93. The summed E-state index contributed by atoms with van der Waals surface area (Å²) in [4.78, 5) is 11.4. The topological polar surface area (TPSA) is 41.1 Å². The lowest BCUT2D eigenvalue weighted by Crippen LogP contribution is -2.44. The first-order valence-corrected chi connectivity index (χ1v) is 4.96. The van der Waals surface area contributed by atoms with E-state index in [4.69, 9.17) is 0 Å². The van der Waals surface area contributed by atoms with Crippen LogP contribution in [0.1, 0.15) is 19.8 Å². The molecule has 0 aliphatic carbocycles. The molecule has 0 unspecified atom stereocenters. The average Bonchev–Trinajstić information content (AvgIpc) is 2.13. The van der Waals surface area contributed by atoms with Crippen molar-refractivity contribution >= 4 is 18.3 Å². The van der Waals surface area contributed by atoms with Gasteiger partial charge in [-0.05, 0) is 26.3 Å². The van der Waals surface area contributed by atoms with E-state index in [1.54, 1.807) is 0 Å². The molecule has 7 heteroatoms. The van der Waals surface area contributed by atoms with Crippen molar-refractivity contribution < 1.29 is 18.0 Å². The van der Waals surface area contributed by atoms with Crippen LogP contribution < -0.4 is 10.6 Å². The Morgan fingerprint density at radius 3 is 2.62 bits per heavy atom. The van der Waals surface area contributed by atoms with Crippen LogP contribution in [0.15, 0.2) is 0 Å². The van der Waals surface area contributed by atoms with Gasteiger partial charge < -0.3 is 10.6 Å². The van der Waals surface area contributed by atoms with Gasteiger partial charge in [0.1, 0.15) is 6.54 Å². The third-order valence-corrected chi connectivity index (χ3v) is 2.46. The third kappa shape index (κ3) is 5.55. The van der Waals surface area contributed by atoms with Gasteiger partial charge in [0.2, 0.25) is 5.91 Å². The molecule has 0 radical (unpaired) electrons. The second-order valence-electron chi connectivity index (χ2n) is 3.91. The molecule has 0 bridgehead atoms. The number of piperidine rings is 1. The van der Waals surface area contributed by atoms with Gasteiger partial charge in [-0.15, -0.1) is 12.4 Å². The summed E-state index contributed by atoms with van der Waals surface area (Å²) >= 11 is 0. The fraction of sp³-hybridized carbons (Fsp3) is 0.889. The highest BCUT2D eigenvalue weighted by atomic mass is 35.5. The number of alkyl halides is 3. The molecule has 1 heterocycles. The lowest BCUT2D eigenvalue weighted by Gasteiger charge is -2.27. The van der Waals surface area contributed by atoms with Gasteiger partial charge in [0.15, 0.2) is 0 Å². The Morgan fingerprint density at radius 1 is 1.50 bits per heavy atom. The number of halogens is 4. The quantitative estimate of drug-likeness (QED) is 0.790. The Morgan fingerprint density at radius 2 is 2.12 bits per heavy atom. The molecule has 2 N–H and O–H groups in total. The smallest absolute Gasteiger partial charge is 0.347 e. The second-order valence-corrected chi connectivity index (χ2v) is 3.91. The summed E-state index contributed by atoms with van der Waals surface area (Å²) in [6.07, 6.45) is -3.12. The maximum atomic E-state index is 11.8. The predicted molar refractivity (Wildman–Crippen MR) is 56.5 cm³/mol. The van der Waals surface area contributed by atoms with Gasteiger partial charge in [-0.1, -0.05) is 0 Å². The lowest BCUT2D eigenvalue weighted by atomic mass is 9.92. The zero-order valence-corrected chi connectivity index (χ0v) is 9.75. The van der Waals surface area contributed by atoms with E-state index < -0.39 is 18.6 Å². The van der Waals surface area contributed by atoms with Crippen molar-refractivity contribution in [3.8, 4) is 0 Å². The number of carbonyl (C=O) groups excluding carboxylic acids is 1. The van der Waals surface area contributed by atoms with Crippen LogP contribution >= 0.6 is 12.4 Å². The number of carbonyl (C=O) groups is 1. The fourth-order valence-corrected chi connectivity index (χ4v) is 1.70. The van der Waals surface area contributed by atoms with Crippen molar-refractivity contribution in [2.24, 2.45) is 5.92 Å². The second kappa shape index (κ2) is 6.30. The van der Waals surface area contributed by atoms with Crippen LogP contribution in [0.2, 0.25) is 0 Å². The average molecular weight is 261 g/mol. The molecule has 1 aliphatic rings. The van der Waals surface area contributed by atoms with Crippen LogP contribution in [0, 0.1) is 5.92 Å². The van der Waals surface area contributed by atoms with Crippen molar-refractivity contribution in [3.05, 3.63) is 0 Å². The number of rotatable bonds is 2. The number of nitrogens with one attached hydrogen (secondary N) is 2. The highest BCUT2D eigenvalue weighted by Crippen LogP contribution is 2.17. The Bertz CT molecular complexity index is 235. The maximum absolute atomic E-state index is 11.8. The standard InChI is InChI=1S/C9H15F3N2O.ClH/c1-6-4-7(2-3-13-6)8(15)14-5-9(10,11)12;/h6-7,13H,2-5H2,1H3,(H,14,15);1H/t6-,7-;/m0./s1. The normalized spacial score (nSPS) is 25.8. The lowest BCUT2D eigenvalue weighted by molar-refractivity contribution is -0.141. The van der Waals surface area contributed by atoms with Crippen LogP contribution in [0.25, 0.3) is 0 Å². The summed E-state index contributed by atoms with van der Waals surface area (Å²) in [7, 11) is 0. The van der Waals surface area contributed by atoms with Gasteiger partial charge in [0.25, 0.3) is 0 Å². The van der Waals surface area contributed by atoms with E-state index in [2.05, 4.69) is 5.32 Å². The molecule has 1 saturated heterocycles. The monoisotopic (exact) mass is 260 g/mol. The van der Waals surface area contributed by atoms with Gasteiger partial charge in [-0.3, -0.25) is 4.79 Å². The minimum atomic E-state index is -4.33. The van der Waals surface area contributed by atoms with E-state index in [-0.39, 0.29) is 24.4 Å². The summed E-state index contributed by atoms with van der Waals surface area (Å²) in [6, 6.07) is 0.195. The zero-order chi connectivity index (χ0) is 11.5. The summed E-state index contributed by atoms with van der Waals surface area (Å²) in [5.41, 5.74) is 0. The molecule has 0 aromatic rings. The van der Waals surface area contributed by atoms with Gasteiger partial charge in [-0.25, -0.2) is 0 Å². The molecule has 2 atom stereocenters. The Hall–Kier alpha value is -0.490. The molecule has 1 rings (SSSR count). The Balaban J connectivity index is 0.00000225. The molecule has 1 aliphatic heterocycles. The van der Waals surface area contributed by atoms with Gasteiger partial charge in [0.05, 0.1) is 0 Å². The van der Waals surface area contributed by atoms with Crippen LogP contribution in [-0.2, 0) is 4.79 Å². The van der Waals surface area contributed by atoms with E-state index in [0.717, 1.165) is 0 Å². The molecule has 3 nitrogen and oxygen atoms in total. The molecule has 1 amide bonds. The third-order valence-electron chi connectivity index (χ3n) is 2.46. The van der Waals surface area contributed by atoms with Crippen molar-refractivity contribution in [1.82, 2.24) is 10.6 Å². The van der Waals surface area contributed by atoms with Crippen molar-refractivity contribution in [2.45, 2.75) is 32.0 Å². The largest absolute Gasteiger partial charge is 0.405 e. The minimum Gasteiger partial charge on any atom is -0.347 e.